The summed E-state index contributed by atoms with van der Waals surface area (Å²) in [6.07, 6.45) is 0. The maximum Gasteiger partial charge on any atom is 0.317 e. The molecule has 0 aromatic carbocycles. The molecule has 0 aliphatic carbocycles. The number of hydrogen-bond donors (Lipinski definition) is 2. The first-order valence-electron chi connectivity index (χ1n) is 4.07. The van der Waals surface area contributed by atoms with E-state index in [-0.39, 0.29) is 6.54 Å². The molecule has 0 aromatic rings. The van der Waals surface area contributed by atoms with Crippen LogP contribution in [0.25, 0.3) is 0 Å². The maximum absolute atomic E-state index is 10.1. The number of carboxylic acids is 2. The third-order valence-corrected chi connectivity index (χ3v) is 1.25. The Morgan fingerprint density at radius 1 is 1.15 bits per heavy atom. The topological polar surface area (TPSA) is 77.8 Å². The molecular weight excluding hydrogens is 174 g/mol. The monoisotopic (exact) mass is 191 g/mol. The molecule has 5 nitrogen and oxygen atoms in total. The lowest BCUT2D eigenvalue weighted by Gasteiger charge is -2.13. The average Bonchev–Trinajstić information content (AvgIpc) is 1.98. The fourth-order valence-corrected chi connectivity index (χ4v) is 0.639. The van der Waals surface area contributed by atoms with E-state index in [4.69, 9.17) is 15.0 Å². The molecule has 0 aromatic heterocycles. The molecule has 5 heteroatoms. The molecule has 2 N–H and O–H groups in total. The van der Waals surface area contributed by atoms with Crippen molar-refractivity contribution >= 4 is 11.9 Å². The van der Waals surface area contributed by atoms with Gasteiger partial charge in [-0.2, -0.15) is 0 Å². The van der Waals surface area contributed by atoms with Crippen LogP contribution in [-0.4, -0.2) is 46.7 Å². The summed E-state index contributed by atoms with van der Waals surface area (Å²) in [5, 5.41) is 15.7. The van der Waals surface area contributed by atoms with Crippen molar-refractivity contribution in [1.29, 1.82) is 0 Å². The van der Waals surface area contributed by atoms with Gasteiger partial charge in [-0.3, -0.25) is 14.5 Å². The van der Waals surface area contributed by atoms with E-state index in [1.807, 2.05) is 18.7 Å². The summed E-state index contributed by atoms with van der Waals surface area (Å²) in [6.45, 7) is 6.76. The van der Waals surface area contributed by atoms with Crippen LogP contribution in [-0.2, 0) is 9.59 Å². The van der Waals surface area contributed by atoms with E-state index >= 15 is 0 Å². The number of likely N-dealkylation sites (N-methyl/N-ethyl adjacent to an activating group) is 1. The summed E-state index contributed by atoms with van der Waals surface area (Å²) < 4.78 is 0. The number of carbonyl (C=O) groups is 2. The number of carboxylic acid groups (broad SMARTS) is 2. The molecule has 13 heavy (non-hydrogen) atoms. The molecule has 0 saturated heterocycles. The molecule has 0 radical (unpaired) electrons. The number of hydrogen-bond acceptors (Lipinski definition) is 3. The van der Waals surface area contributed by atoms with Crippen LogP contribution in [0.5, 0.6) is 0 Å². The van der Waals surface area contributed by atoms with Gasteiger partial charge < -0.3 is 10.2 Å². The van der Waals surface area contributed by atoms with Crippen LogP contribution in [0.3, 0.4) is 0 Å². The molecule has 0 atom stereocenters. The minimum absolute atomic E-state index is 0.160. The van der Waals surface area contributed by atoms with Gasteiger partial charge in [0, 0.05) is 6.92 Å². The highest BCUT2D eigenvalue weighted by Gasteiger charge is 2.02. The molecule has 0 spiro atoms. The van der Waals surface area contributed by atoms with E-state index in [9.17, 15) is 4.79 Å². The van der Waals surface area contributed by atoms with Crippen LogP contribution in [0.2, 0.25) is 0 Å². The van der Waals surface area contributed by atoms with Crippen LogP contribution in [0.15, 0.2) is 0 Å². The number of nitrogens with zero attached hydrogens (tertiary/aromatic N) is 1. The highest BCUT2D eigenvalue weighted by atomic mass is 16.4. The van der Waals surface area contributed by atoms with Gasteiger partial charge in [0.2, 0.25) is 0 Å². The molecule has 0 aliphatic heterocycles. The predicted octanol–water partition coefficient (Wildman–Crippen LogP) is 0.504. The molecule has 0 fully saturated rings. The second kappa shape index (κ2) is 8.99. The normalized spacial score (nSPS) is 8.92. The molecule has 0 saturated carbocycles. The lowest BCUT2D eigenvalue weighted by atomic mass is 10.5. The summed E-state index contributed by atoms with van der Waals surface area (Å²) in [5.41, 5.74) is 0. The first-order valence-corrected chi connectivity index (χ1v) is 4.07. The zero-order chi connectivity index (χ0) is 10.9. The van der Waals surface area contributed by atoms with Crippen molar-refractivity contribution in [3.05, 3.63) is 0 Å². The minimum Gasteiger partial charge on any atom is -0.481 e. The van der Waals surface area contributed by atoms with Gasteiger partial charge in [-0.1, -0.05) is 13.8 Å². The first kappa shape index (κ1) is 14.4. The van der Waals surface area contributed by atoms with Gasteiger partial charge in [0.1, 0.15) is 0 Å². The Labute approximate surface area is 78.0 Å². The highest BCUT2D eigenvalue weighted by molar-refractivity contribution is 5.69. The molecule has 0 bridgehead atoms. The van der Waals surface area contributed by atoms with E-state index in [2.05, 4.69) is 0 Å². The summed E-state index contributed by atoms with van der Waals surface area (Å²) in [6, 6.07) is 0. The zero-order valence-electron chi connectivity index (χ0n) is 8.28. The van der Waals surface area contributed by atoms with Gasteiger partial charge in [-0.15, -0.1) is 0 Å². The van der Waals surface area contributed by atoms with Gasteiger partial charge in [-0.25, -0.2) is 0 Å². The van der Waals surface area contributed by atoms with E-state index in [0.717, 1.165) is 20.0 Å². The van der Waals surface area contributed by atoms with Gasteiger partial charge in [0.25, 0.3) is 5.97 Å². The largest absolute Gasteiger partial charge is 0.481 e. The third-order valence-electron chi connectivity index (χ3n) is 1.25. The van der Waals surface area contributed by atoms with Gasteiger partial charge in [0.05, 0.1) is 6.54 Å². The molecule has 78 valence electrons. The lowest BCUT2D eigenvalue weighted by Crippen LogP contribution is -2.29. The maximum atomic E-state index is 10.1. The van der Waals surface area contributed by atoms with E-state index in [1.54, 1.807) is 0 Å². The quantitative estimate of drug-likeness (QED) is 0.676. The van der Waals surface area contributed by atoms with Crippen LogP contribution < -0.4 is 0 Å². The fourth-order valence-electron chi connectivity index (χ4n) is 0.639. The van der Waals surface area contributed by atoms with Crippen molar-refractivity contribution in [2.75, 3.05) is 19.6 Å². The zero-order valence-corrected chi connectivity index (χ0v) is 8.28. The molecule has 0 unspecified atom stereocenters. The SMILES string of the molecule is CC(=O)O.CCN(CC)CC(=O)O. The Balaban J connectivity index is 0. The Hall–Kier alpha value is -1.10. The van der Waals surface area contributed by atoms with Crippen LogP contribution in [0, 0.1) is 0 Å². The standard InChI is InChI=1S/C6H13NO2.C2H4O2/c1-3-7(4-2)5-6(8)9;1-2(3)4/h3-5H2,1-2H3,(H,8,9);1H3,(H,3,4). The first-order chi connectivity index (χ1) is 5.93. The third kappa shape index (κ3) is 18.1. The predicted molar refractivity (Wildman–Crippen MR) is 48.7 cm³/mol. The van der Waals surface area contributed by atoms with Crippen molar-refractivity contribution in [2.45, 2.75) is 20.8 Å². The van der Waals surface area contributed by atoms with Crippen molar-refractivity contribution in [1.82, 2.24) is 4.90 Å². The molecule has 0 rings (SSSR count). The van der Waals surface area contributed by atoms with Gasteiger partial charge in [0.15, 0.2) is 0 Å². The van der Waals surface area contributed by atoms with Gasteiger partial charge in [-0.05, 0) is 13.1 Å². The van der Waals surface area contributed by atoms with Crippen molar-refractivity contribution in [3.63, 3.8) is 0 Å². The van der Waals surface area contributed by atoms with Crippen molar-refractivity contribution in [3.8, 4) is 0 Å². The Bertz CT molecular complexity index is 150. The summed E-state index contributed by atoms with van der Waals surface area (Å²) >= 11 is 0. The van der Waals surface area contributed by atoms with Crippen LogP contribution in [0.4, 0.5) is 0 Å². The molecular formula is C8H17NO4. The summed E-state index contributed by atoms with van der Waals surface area (Å²) in [5.74, 6) is -1.58. The number of rotatable bonds is 4. The van der Waals surface area contributed by atoms with Crippen molar-refractivity contribution in [2.24, 2.45) is 0 Å². The Morgan fingerprint density at radius 3 is 1.54 bits per heavy atom. The number of aliphatic carboxylic acids is 2. The molecule has 0 heterocycles. The molecule has 0 aliphatic rings. The Morgan fingerprint density at radius 2 is 1.46 bits per heavy atom. The van der Waals surface area contributed by atoms with Crippen LogP contribution >= 0.6 is 0 Å². The second-order valence-corrected chi connectivity index (χ2v) is 2.37. The highest BCUT2D eigenvalue weighted by Crippen LogP contribution is 1.84. The van der Waals surface area contributed by atoms with E-state index in [1.165, 1.54) is 0 Å². The van der Waals surface area contributed by atoms with E-state index in [0.29, 0.717) is 0 Å². The van der Waals surface area contributed by atoms with E-state index < -0.39 is 11.9 Å². The average molecular weight is 191 g/mol. The Kier molecular flexibility index (Phi) is 9.98. The van der Waals surface area contributed by atoms with Crippen molar-refractivity contribution < 1.29 is 19.8 Å². The fraction of sp³-hybridized carbons (Fsp3) is 0.750. The smallest absolute Gasteiger partial charge is 0.317 e. The summed E-state index contributed by atoms with van der Waals surface area (Å²) in [4.78, 5) is 20.9. The molecule has 0 amide bonds. The summed E-state index contributed by atoms with van der Waals surface area (Å²) in [7, 11) is 0. The van der Waals surface area contributed by atoms with Crippen LogP contribution in [0.1, 0.15) is 20.8 Å². The minimum atomic E-state index is -0.833. The second-order valence-electron chi connectivity index (χ2n) is 2.37. The lowest BCUT2D eigenvalue weighted by molar-refractivity contribution is -0.138. The van der Waals surface area contributed by atoms with Gasteiger partial charge >= 0.3 is 5.97 Å².